The minimum atomic E-state index is -1.13. The Labute approximate surface area is 80.4 Å². The largest absolute Gasteiger partial charge is 0.464 e. The lowest BCUT2D eigenvalue weighted by Gasteiger charge is -2.05. The lowest BCUT2D eigenvalue weighted by atomic mass is 10.2. The van der Waals surface area contributed by atoms with Crippen LogP contribution in [0, 0.1) is 0 Å². The molecular formula is C7H12N4O3. The van der Waals surface area contributed by atoms with E-state index in [4.69, 9.17) is 11.0 Å². The fourth-order valence-corrected chi connectivity index (χ4v) is 1.08. The summed E-state index contributed by atoms with van der Waals surface area (Å²) >= 11 is 0. The number of hydrogen-bond acceptors (Lipinski definition) is 5. The predicted octanol–water partition coefficient (Wildman–Crippen LogP) is 0.318. The molecule has 0 fully saturated rings. The summed E-state index contributed by atoms with van der Waals surface area (Å²) in [6.07, 6.45) is -1.13. The first-order valence-electron chi connectivity index (χ1n) is 4.07. The molecule has 0 aliphatic heterocycles. The number of carboxylic acid groups (broad SMARTS) is 1. The molecule has 1 aromatic heterocycles. The summed E-state index contributed by atoms with van der Waals surface area (Å²) in [5, 5.41) is 16.3. The highest BCUT2D eigenvalue weighted by molar-refractivity contribution is 5.69. The first kappa shape index (κ1) is 10.6. The van der Waals surface area contributed by atoms with Crippen LogP contribution in [0.3, 0.4) is 0 Å². The maximum absolute atomic E-state index is 10.9. The maximum Gasteiger partial charge on any atom is 0.418 e. The number of aromatic nitrogens is 3. The van der Waals surface area contributed by atoms with Crippen LogP contribution in [0.1, 0.15) is 31.4 Å². The second kappa shape index (κ2) is 4.16. The molecule has 7 nitrogen and oxygen atoms in total. The standard InChI is InChI=1S/C7H12N4O3/c1-4(2)6-10-9-5(3-14-8)11(6)7(12)13/h4H,3,8H2,1-2H3,(H,12,13). The molecule has 0 aliphatic rings. The monoisotopic (exact) mass is 200 g/mol. The lowest BCUT2D eigenvalue weighted by molar-refractivity contribution is 0.114. The highest BCUT2D eigenvalue weighted by Gasteiger charge is 2.19. The van der Waals surface area contributed by atoms with Gasteiger partial charge in [-0.1, -0.05) is 13.8 Å². The van der Waals surface area contributed by atoms with E-state index >= 15 is 0 Å². The first-order chi connectivity index (χ1) is 6.57. The summed E-state index contributed by atoms with van der Waals surface area (Å²) in [4.78, 5) is 15.2. The summed E-state index contributed by atoms with van der Waals surface area (Å²) in [5.74, 6) is 5.38. The van der Waals surface area contributed by atoms with E-state index in [9.17, 15) is 4.79 Å². The summed E-state index contributed by atoms with van der Waals surface area (Å²) in [6, 6.07) is 0. The van der Waals surface area contributed by atoms with E-state index < -0.39 is 6.09 Å². The van der Waals surface area contributed by atoms with Gasteiger partial charge in [-0.05, 0) is 0 Å². The fourth-order valence-electron chi connectivity index (χ4n) is 1.08. The van der Waals surface area contributed by atoms with Crippen LogP contribution >= 0.6 is 0 Å². The van der Waals surface area contributed by atoms with Gasteiger partial charge in [0.1, 0.15) is 12.4 Å². The molecule has 0 unspecified atom stereocenters. The molecule has 1 aromatic rings. The third-order valence-electron chi connectivity index (χ3n) is 1.68. The quantitative estimate of drug-likeness (QED) is 0.681. The van der Waals surface area contributed by atoms with Crippen molar-refractivity contribution in [2.24, 2.45) is 5.90 Å². The topological polar surface area (TPSA) is 103 Å². The van der Waals surface area contributed by atoms with Crippen molar-refractivity contribution in [3.05, 3.63) is 11.6 Å². The number of nitrogens with two attached hydrogens (primary N) is 1. The molecule has 78 valence electrons. The molecule has 0 aromatic carbocycles. The predicted molar refractivity (Wildman–Crippen MR) is 46.5 cm³/mol. The minimum absolute atomic E-state index is 0.0230. The van der Waals surface area contributed by atoms with Gasteiger partial charge in [-0.25, -0.2) is 15.3 Å². The molecule has 0 aliphatic carbocycles. The molecule has 14 heavy (non-hydrogen) atoms. The van der Waals surface area contributed by atoms with Gasteiger partial charge < -0.3 is 5.11 Å². The molecule has 0 amide bonds. The van der Waals surface area contributed by atoms with Crippen molar-refractivity contribution >= 4 is 6.09 Å². The molecular weight excluding hydrogens is 188 g/mol. The highest BCUT2D eigenvalue weighted by Crippen LogP contribution is 2.13. The van der Waals surface area contributed by atoms with E-state index in [1.807, 2.05) is 13.8 Å². The second-order valence-electron chi connectivity index (χ2n) is 3.06. The first-order valence-corrected chi connectivity index (χ1v) is 4.07. The van der Waals surface area contributed by atoms with Crippen LogP contribution in [0.25, 0.3) is 0 Å². The van der Waals surface area contributed by atoms with Gasteiger partial charge in [-0.3, -0.25) is 4.84 Å². The van der Waals surface area contributed by atoms with E-state index in [-0.39, 0.29) is 18.3 Å². The van der Waals surface area contributed by atoms with Crippen molar-refractivity contribution in [1.29, 1.82) is 0 Å². The minimum Gasteiger partial charge on any atom is -0.464 e. The summed E-state index contributed by atoms with van der Waals surface area (Å²) in [6.45, 7) is 3.58. The van der Waals surface area contributed by atoms with Gasteiger partial charge in [0, 0.05) is 5.92 Å². The molecule has 0 spiro atoms. The molecule has 0 saturated heterocycles. The van der Waals surface area contributed by atoms with E-state index in [1.54, 1.807) is 0 Å². The van der Waals surface area contributed by atoms with Gasteiger partial charge >= 0.3 is 6.09 Å². The Hall–Kier alpha value is -1.47. The van der Waals surface area contributed by atoms with Gasteiger partial charge in [0.15, 0.2) is 5.82 Å². The van der Waals surface area contributed by atoms with Crippen LogP contribution in [0.15, 0.2) is 0 Å². The summed E-state index contributed by atoms with van der Waals surface area (Å²) in [5.41, 5.74) is 0. The van der Waals surface area contributed by atoms with Crippen LogP contribution < -0.4 is 5.90 Å². The maximum atomic E-state index is 10.9. The van der Waals surface area contributed by atoms with Crippen molar-refractivity contribution in [3.8, 4) is 0 Å². The molecule has 1 heterocycles. The number of hydrogen-bond donors (Lipinski definition) is 2. The molecule has 3 N–H and O–H groups in total. The second-order valence-corrected chi connectivity index (χ2v) is 3.06. The van der Waals surface area contributed by atoms with Crippen LogP contribution in [0.4, 0.5) is 4.79 Å². The van der Waals surface area contributed by atoms with E-state index in [1.165, 1.54) is 0 Å². The summed E-state index contributed by atoms with van der Waals surface area (Å²) in [7, 11) is 0. The Bertz CT molecular complexity index is 334. The average molecular weight is 200 g/mol. The molecule has 0 saturated carbocycles. The number of nitrogens with zero attached hydrogens (tertiary/aromatic N) is 3. The molecule has 0 bridgehead atoms. The third kappa shape index (κ3) is 1.88. The van der Waals surface area contributed by atoms with Crippen LogP contribution in [0.2, 0.25) is 0 Å². The number of rotatable bonds is 3. The molecule has 0 atom stereocenters. The molecule has 1 rings (SSSR count). The fraction of sp³-hybridized carbons (Fsp3) is 0.571. The van der Waals surface area contributed by atoms with Crippen LogP contribution in [-0.2, 0) is 11.4 Å². The van der Waals surface area contributed by atoms with Crippen LogP contribution in [0.5, 0.6) is 0 Å². The Balaban J connectivity index is 3.13. The van der Waals surface area contributed by atoms with Crippen molar-refractivity contribution in [2.45, 2.75) is 26.4 Å². The Morgan fingerprint density at radius 2 is 2.29 bits per heavy atom. The summed E-state index contributed by atoms with van der Waals surface area (Å²) < 4.78 is 0.984. The molecule has 0 radical (unpaired) electrons. The smallest absolute Gasteiger partial charge is 0.418 e. The zero-order valence-corrected chi connectivity index (χ0v) is 7.97. The van der Waals surface area contributed by atoms with Crippen molar-refractivity contribution in [2.75, 3.05) is 0 Å². The number of carbonyl (C=O) groups is 1. The zero-order valence-electron chi connectivity index (χ0n) is 7.97. The van der Waals surface area contributed by atoms with Gasteiger partial charge in [-0.15, -0.1) is 10.2 Å². The van der Waals surface area contributed by atoms with Crippen molar-refractivity contribution in [3.63, 3.8) is 0 Å². The van der Waals surface area contributed by atoms with E-state index in [0.29, 0.717) is 5.82 Å². The Morgan fingerprint density at radius 1 is 1.64 bits per heavy atom. The van der Waals surface area contributed by atoms with Gasteiger partial charge in [-0.2, -0.15) is 0 Å². The lowest BCUT2D eigenvalue weighted by Crippen LogP contribution is -2.17. The van der Waals surface area contributed by atoms with Gasteiger partial charge in [0.2, 0.25) is 0 Å². The zero-order chi connectivity index (χ0) is 10.7. The van der Waals surface area contributed by atoms with Crippen LogP contribution in [-0.4, -0.2) is 26.0 Å². The molecule has 7 heteroatoms. The third-order valence-corrected chi connectivity index (χ3v) is 1.68. The van der Waals surface area contributed by atoms with E-state index in [2.05, 4.69) is 15.0 Å². The Morgan fingerprint density at radius 3 is 2.71 bits per heavy atom. The highest BCUT2D eigenvalue weighted by atomic mass is 16.6. The normalized spacial score (nSPS) is 10.9. The van der Waals surface area contributed by atoms with Gasteiger partial charge in [0.05, 0.1) is 0 Å². The average Bonchev–Trinajstić information content (AvgIpc) is 2.48. The van der Waals surface area contributed by atoms with Crippen molar-refractivity contribution in [1.82, 2.24) is 14.8 Å². The van der Waals surface area contributed by atoms with Gasteiger partial charge in [0.25, 0.3) is 0 Å². The SMILES string of the molecule is CC(C)c1nnc(CON)n1C(=O)O. The Kier molecular flexibility index (Phi) is 3.15. The van der Waals surface area contributed by atoms with E-state index in [0.717, 1.165) is 4.57 Å². The van der Waals surface area contributed by atoms with Crippen molar-refractivity contribution < 1.29 is 14.7 Å².